The minimum Gasteiger partial charge on any atom is -0.324 e. The molecule has 0 saturated carbocycles. The molecule has 0 bridgehead atoms. The van der Waals surface area contributed by atoms with Gasteiger partial charge >= 0.3 is 0 Å². The van der Waals surface area contributed by atoms with Crippen molar-refractivity contribution in [2.75, 3.05) is 11.4 Å². The van der Waals surface area contributed by atoms with Crippen molar-refractivity contribution in [3.63, 3.8) is 0 Å². The van der Waals surface area contributed by atoms with E-state index in [0.29, 0.717) is 40.4 Å². The molecule has 1 amide bonds. The van der Waals surface area contributed by atoms with Crippen LogP contribution in [0, 0.1) is 10.1 Å². The zero-order valence-electron chi connectivity index (χ0n) is 18.2. The predicted octanol–water partition coefficient (Wildman–Crippen LogP) is 4.73. The van der Waals surface area contributed by atoms with Gasteiger partial charge in [0.25, 0.3) is 11.6 Å². The number of fused-ring (bicyclic) bond motifs is 1. The fraction of sp³-hybridized carbons (Fsp3) is 0.391. The van der Waals surface area contributed by atoms with Crippen molar-refractivity contribution in [1.82, 2.24) is 0 Å². The lowest BCUT2D eigenvalue weighted by Crippen LogP contribution is -2.54. The molecule has 31 heavy (non-hydrogen) atoms. The largest absolute Gasteiger partial charge is 0.324 e. The number of nitro benzene ring substituents is 1. The zero-order chi connectivity index (χ0) is 23.0. The van der Waals surface area contributed by atoms with Crippen LogP contribution in [-0.4, -0.2) is 34.2 Å². The fourth-order valence-corrected chi connectivity index (χ4v) is 3.92. The Hall–Kier alpha value is -2.77. The van der Waals surface area contributed by atoms with Crippen LogP contribution in [0.25, 0.3) is 0 Å². The lowest BCUT2D eigenvalue weighted by Gasteiger charge is -2.36. The molecule has 2 aromatic carbocycles. The van der Waals surface area contributed by atoms with Crippen LogP contribution in [0.4, 0.5) is 11.4 Å². The van der Waals surface area contributed by atoms with Crippen LogP contribution >= 0.6 is 11.6 Å². The standard InChI is InChI=1S/C23H27ClN4O3/c1-5-23(25,6-2)14-27-19-12-11-15(28(30)31)13-17(19)20(26-22(3,4)21(27)29)16-9-7-8-10-18(16)24/h7-13H,5-6,14,25H2,1-4H3. The second-order valence-corrected chi connectivity index (χ2v) is 8.83. The number of hydrogen-bond donors (Lipinski definition) is 1. The smallest absolute Gasteiger partial charge is 0.270 e. The highest BCUT2D eigenvalue weighted by atomic mass is 35.5. The molecule has 0 saturated heterocycles. The average molecular weight is 443 g/mol. The van der Waals surface area contributed by atoms with Gasteiger partial charge in [0.1, 0.15) is 5.54 Å². The first-order chi connectivity index (χ1) is 14.5. The third-order valence-corrected chi connectivity index (χ3v) is 6.24. The maximum Gasteiger partial charge on any atom is 0.270 e. The molecule has 2 aromatic rings. The third kappa shape index (κ3) is 4.34. The number of anilines is 1. The number of amides is 1. The second kappa shape index (κ2) is 8.40. The number of benzene rings is 2. The maximum absolute atomic E-state index is 13.6. The Kier molecular flexibility index (Phi) is 6.21. The molecule has 0 fully saturated rings. The number of nitrogens with zero attached hydrogens (tertiary/aromatic N) is 3. The summed E-state index contributed by atoms with van der Waals surface area (Å²) < 4.78 is 0. The van der Waals surface area contributed by atoms with Gasteiger partial charge in [-0.2, -0.15) is 0 Å². The van der Waals surface area contributed by atoms with Gasteiger partial charge in [0, 0.05) is 40.4 Å². The molecule has 1 heterocycles. The summed E-state index contributed by atoms with van der Waals surface area (Å²) in [6.07, 6.45) is 1.35. The topological polar surface area (TPSA) is 102 Å². The molecule has 8 heteroatoms. The van der Waals surface area contributed by atoms with Crippen LogP contribution in [-0.2, 0) is 4.79 Å². The molecular formula is C23H27ClN4O3. The van der Waals surface area contributed by atoms with E-state index in [1.807, 2.05) is 19.9 Å². The highest BCUT2D eigenvalue weighted by Gasteiger charge is 2.41. The number of nitro groups is 1. The van der Waals surface area contributed by atoms with Gasteiger partial charge in [0.2, 0.25) is 0 Å². The van der Waals surface area contributed by atoms with Crippen LogP contribution in [0.5, 0.6) is 0 Å². The number of rotatable bonds is 6. The highest BCUT2D eigenvalue weighted by Crippen LogP contribution is 2.36. The summed E-state index contributed by atoms with van der Waals surface area (Å²) in [6, 6.07) is 11.6. The fourth-order valence-electron chi connectivity index (χ4n) is 3.69. The monoisotopic (exact) mass is 442 g/mol. The van der Waals surface area contributed by atoms with E-state index in [2.05, 4.69) is 0 Å². The lowest BCUT2D eigenvalue weighted by atomic mass is 9.92. The summed E-state index contributed by atoms with van der Waals surface area (Å²) in [5.41, 5.74) is 6.84. The van der Waals surface area contributed by atoms with Crippen LogP contribution in [0.1, 0.15) is 51.7 Å². The van der Waals surface area contributed by atoms with E-state index >= 15 is 0 Å². The first-order valence-corrected chi connectivity index (χ1v) is 10.6. The first-order valence-electron chi connectivity index (χ1n) is 10.3. The van der Waals surface area contributed by atoms with Gasteiger partial charge in [0.05, 0.1) is 16.3 Å². The molecule has 3 rings (SSSR count). The SMILES string of the molecule is CCC(N)(CC)CN1C(=O)C(C)(C)N=C(c2ccccc2Cl)c2cc([N+](=O)[O-])ccc21. The average Bonchev–Trinajstić information content (AvgIpc) is 2.82. The lowest BCUT2D eigenvalue weighted by molar-refractivity contribution is -0.384. The summed E-state index contributed by atoms with van der Waals surface area (Å²) in [5, 5.41) is 12.0. The number of halogens is 1. The van der Waals surface area contributed by atoms with E-state index in [1.54, 1.807) is 43.0 Å². The third-order valence-electron chi connectivity index (χ3n) is 5.91. The van der Waals surface area contributed by atoms with E-state index in [9.17, 15) is 14.9 Å². The van der Waals surface area contributed by atoms with Crippen LogP contribution < -0.4 is 10.6 Å². The molecule has 7 nitrogen and oxygen atoms in total. The molecular weight excluding hydrogens is 416 g/mol. The van der Waals surface area contributed by atoms with E-state index in [0.717, 1.165) is 0 Å². The summed E-state index contributed by atoms with van der Waals surface area (Å²) >= 11 is 6.46. The van der Waals surface area contributed by atoms with Gasteiger partial charge in [-0.05, 0) is 38.8 Å². The van der Waals surface area contributed by atoms with Gasteiger partial charge in [-0.3, -0.25) is 19.9 Å². The second-order valence-electron chi connectivity index (χ2n) is 8.42. The predicted molar refractivity (Wildman–Crippen MR) is 124 cm³/mol. The first kappa shape index (κ1) is 22.9. The molecule has 0 unspecified atom stereocenters. The van der Waals surface area contributed by atoms with Crippen molar-refractivity contribution in [2.45, 2.75) is 51.6 Å². The minimum absolute atomic E-state index is 0.0874. The van der Waals surface area contributed by atoms with Crippen molar-refractivity contribution in [3.8, 4) is 0 Å². The van der Waals surface area contributed by atoms with Crippen molar-refractivity contribution in [1.29, 1.82) is 0 Å². The Morgan fingerprint density at radius 3 is 2.39 bits per heavy atom. The summed E-state index contributed by atoms with van der Waals surface area (Å²) in [5.74, 6) is -0.221. The Morgan fingerprint density at radius 1 is 1.16 bits per heavy atom. The van der Waals surface area contributed by atoms with Gasteiger partial charge in [-0.15, -0.1) is 0 Å². The van der Waals surface area contributed by atoms with E-state index in [4.69, 9.17) is 22.3 Å². The number of nitrogens with two attached hydrogens (primary N) is 1. The zero-order valence-corrected chi connectivity index (χ0v) is 18.9. The van der Waals surface area contributed by atoms with E-state index < -0.39 is 16.0 Å². The molecule has 2 N–H and O–H groups in total. The highest BCUT2D eigenvalue weighted by molar-refractivity contribution is 6.36. The number of carbonyl (C=O) groups is 1. The Bertz CT molecular complexity index is 1060. The normalized spacial score (nSPS) is 15.9. The van der Waals surface area contributed by atoms with E-state index in [-0.39, 0.29) is 18.1 Å². The van der Waals surface area contributed by atoms with Crippen LogP contribution in [0.15, 0.2) is 47.5 Å². The van der Waals surface area contributed by atoms with Crippen molar-refractivity contribution in [3.05, 3.63) is 68.7 Å². The minimum atomic E-state index is -1.12. The number of benzodiazepines with no additional fused rings is 1. The number of non-ortho nitro benzene ring substituents is 1. The molecule has 164 valence electrons. The van der Waals surface area contributed by atoms with E-state index in [1.165, 1.54) is 12.1 Å². The molecule has 0 radical (unpaired) electrons. The summed E-state index contributed by atoms with van der Waals surface area (Å²) in [4.78, 5) is 31.1. The number of hydrogen-bond acceptors (Lipinski definition) is 5. The molecule has 0 aliphatic carbocycles. The van der Waals surface area contributed by atoms with Gasteiger partial charge < -0.3 is 10.6 Å². The Balaban J connectivity index is 2.33. The van der Waals surface area contributed by atoms with Crippen LogP contribution in [0.3, 0.4) is 0 Å². The van der Waals surface area contributed by atoms with Crippen molar-refractivity contribution >= 4 is 34.6 Å². The summed E-state index contributed by atoms with van der Waals surface area (Å²) in [6.45, 7) is 7.71. The molecule has 0 atom stereocenters. The molecule has 0 aromatic heterocycles. The van der Waals surface area contributed by atoms with Crippen molar-refractivity contribution in [2.24, 2.45) is 10.7 Å². The molecule has 1 aliphatic heterocycles. The molecule has 0 spiro atoms. The van der Waals surface area contributed by atoms with Gasteiger partial charge in [-0.1, -0.05) is 43.6 Å². The Labute approximate surface area is 187 Å². The molecule has 1 aliphatic rings. The van der Waals surface area contributed by atoms with Crippen LogP contribution in [0.2, 0.25) is 5.02 Å². The van der Waals surface area contributed by atoms with Crippen molar-refractivity contribution < 1.29 is 9.72 Å². The Morgan fingerprint density at radius 2 is 1.81 bits per heavy atom. The summed E-state index contributed by atoms with van der Waals surface area (Å²) in [7, 11) is 0. The maximum atomic E-state index is 13.6. The number of carbonyl (C=O) groups excluding carboxylic acids is 1. The number of aliphatic imine (C=N–C) groups is 1. The quantitative estimate of drug-likeness (QED) is 0.516. The van der Waals surface area contributed by atoms with Gasteiger partial charge in [-0.25, -0.2) is 0 Å². The van der Waals surface area contributed by atoms with Gasteiger partial charge in [0.15, 0.2) is 0 Å².